The molecule has 9 nitrogen and oxygen atoms in total. The van der Waals surface area contributed by atoms with E-state index in [2.05, 4.69) is 25.5 Å². The van der Waals surface area contributed by atoms with E-state index in [1.54, 1.807) is 18.5 Å². The molecular formula is C22H30N6O3. The number of nitrogens with one attached hydrogen (secondary N) is 2. The van der Waals surface area contributed by atoms with E-state index in [1.165, 1.54) is 0 Å². The van der Waals surface area contributed by atoms with Crippen molar-refractivity contribution in [2.75, 3.05) is 49.5 Å². The number of anilines is 2. The van der Waals surface area contributed by atoms with E-state index in [9.17, 15) is 9.59 Å². The Morgan fingerprint density at radius 1 is 1.13 bits per heavy atom. The Morgan fingerprint density at radius 3 is 2.58 bits per heavy atom. The lowest BCUT2D eigenvalue weighted by atomic mass is 10.2. The van der Waals surface area contributed by atoms with Crippen LogP contribution in [-0.4, -0.2) is 66.1 Å². The van der Waals surface area contributed by atoms with Crippen LogP contribution in [-0.2, 0) is 4.79 Å². The lowest BCUT2D eigenvalue weighted by Gasteiger charge is -2.34. The maximum Gasteiger partial charge on any atom is 0.319 e. The minimum absolute atomic E-state index is 0.0243. The molecule has 166 valence electrons. The number of hydrogen-bond donors (Lipinski definition) is 2. The second-order valence-electron chi connectivity index (χ2n) is 7.40. The Labute approximate surface area is 182 Å². The molecule has 1 aromatic carbocycles. The van der Waals surface area contributed by atoms with Crippen LogP contribution in [0.3, 0.4) is 0 Å². The zero-order valence-corrected chi connectivity index (χ0v) is 18.1. The Balaban J connectivity index is 1.40. The smallest absolute Gasteiger partial charge is 0.319 e. The van der Waals surface area contributed by atoms with Crippen LogP contribution < -0.4 is 20.3 Å². The van der Waals surface area contributed by atoms with Crippen molar-refractivity contribution >= 4 is 23.6 Å². The molecule has 0 bridgehead atoms. The first-order valence-corrected chi connectivity index (χ1v) is 10.6. The lowest BCUT2D eigenvalue weighted by molar-refractivity contribution is -0.131. The number of aryl methyl sites for hydroxylation is 1. The molecule has 2 aromatic rings. The zero-order chi connectivity index (χ0) is 22.1. The third-order valence-electron chi connectivity index (χ3n) is 4.94. The molecule has 1 aromatic heterocycles. The van der Waals surface area contributed by atoms with Crippen LogP contribution in [0.15, 0.2) is 36.7 Å². The highest BCUT2D eigenvalue weighted by atomic mass is 16.5. The van der Waals surface area contributed by atoms with Crippen LogP contribution in [0, 0.1) is 6.92 Å². The predicted octanol–water partition coefficient (Wildman–Crippen LogP) is 2.43. The van der Waals surface area contributed by atoms with Gasteiger partial charge >= 0.3 is 6.03 Å². The normalized spacial score (nSPS) is 13.6. The second-order valence-corrected chi connectivity index (χ2v) is 7.40. The number of rotatable bonds is 8. The average Bonchev–Trinajstić information content (AvgIpc) is 2.80. The predicted molar refractivity (Wildman–Crippen MR) is 119 cm³/mol. The Morgan fingerprint density at radius 2 is 1.87 bits per heavy atom. The summed E-state index contributed by atoms with van der Waals surface area (Å²) in [6.45, 7) is 7.47. The summed E-state index contributed by atoms with van der Waals surface area (Å²) >= 11 is 0. The molecule has 1 saturated heterocycles. The lowest BCUT2D eigenvalue weighted by Crippen LogP contribution is -2.49. The zero-order valence-electron chi connectivity index (χ0n) is 18.1. The van der Waals surface area contributed by atoms with Gasteiger partial charge in [-0.05, 0) is 37.1 Å². The molecule has 0 aliphatic carbocycles. The third kappa shape index (κ3) is 6.56. The number of nitrogens with zero attached hydrogens (tertiary/aromatic N) is 4. The highest BCUT2D eigenvalue weighted by Gasteiger charge is 2.22. The van der Waals surface area contributed by atoms with E-state index in [0.29, 0.717) is 50.2 Å². The summed E-state index contributed by atoms with van der Waals surface area (Å²) in [6.07, 6.45) is 4.56. The monoisotopic (exact) mass is 426 g/mol. The number of amides is 3. The molecule has 0 spiro atoms. The van der Waals surface area contributed by atoms with E-state index in [1.807, 2.05) is 36.9 Å². The highest BCUT2D eigenvalue weighted by molar-refractivity contribution is 5.91. The molecule has 3 amide bonds. The van der Waals surface area contributed by atoms with Crippen molar-refractivity contribution in [3.63, 3.8) is 0 Å². The molecule has 0 radical (unpaired) electrons. The van der Waals surface area contributed by atoms with E-state index >= 15 is 0 Å². The number of benzene rings is 1. The van der Waals surface area contributed by atoms with E-state index in [0.717, 1.165) is 12.0 Å². The SMILES string of the molecule is CCCOc1cc(C)ccc1NC(=O)NCCC(=O)N1CCN(c2ncccn2)CC1. The fourth-order valence-electron chi connectivity index (χ4n) is 3.28. The van der Waals surface area contributed by atoms with E-state index in [-0.39, 0.29) is 24.9 Å². The quantitative estimate of drug-likeness (QED) is 0.673. The van der Waals surface area contributed by atoms with Crippen LogP contribution in [0.2, 0.25) is 0 Å². The van der Waals surface area contributed by atoms with Crippen molar-refractivity contribution in [3.05, 3.63) is 42.2 Å². The molecule has 31 heavy (non-hydrogen) atoms. The molecular weight excluding hydrogens is 396 g/mol. The van der Waals surface area contributed by atoms with Gasteiger partial charge in [-0.3, -0.25) is 4.79 Å². The number of ether oxygens (including phenoxy) is 1. The van der Waals surface area contributed by atoms with Crippen molar-refractivity contribution < 1.29 is 14.3 Å². The van der Waals surface area contributed by atoms with Crippen molar-refractivity contribution in [3.8, 4) is 5.75 Å². The number of carbonyl (C=O) groups excluding carboxylic acids is 2. The molecule has 1 aliphatic rings. The maximum absolute atomic E-state index is 12.5. The number of aromatic nitrogens is 2. The number of carbonyl (C=O) groups is 2. The van der Waals surface area contributed by atoms with Crippen LogP contribution >= 0.6 is 0 Å². The standard InChI is InChI=1S/C22H30N6O3/c1-3-15-31-19-16-17(2)5-6-18(19)26-22(30)25-10-7-20(29)27-11-13-28(14-12-27)21-23-8-4-9-24-21/h4-6,8-9,16H,3,7,10-15H2,1-2H3,(H2,25,26,30). The van der Waals surface area contributed by atoms with Gasteiger partial charge in [0.25, 0.3) is 0 Å². The Bertz CT molecular complexity index is 869. The van der Waals surface area contributed by atoms with Crippen LogP contribution in [0.5, 0.6) is 5.75 Å². The Hall–Kier alpha value is -3.36. The van der Waals surface area contributed by atoms with Crippen molar-refractivity contribution in [2.45, 2.75) is 26.7 Å². The van der Waals surface area contributed by atoms with Crippen LogP contribution in [0.4, 0.5) is 16.4 Å². The van der Waals surface area contributed by atoms with Gasteiger partial charge in [-0.15, -0.1) is 0 Å². The fourth-order valence-corrected chi connectivity index (χ4v) is 3.28. The summed E-state index contributed by atoms with van der Waals surface area (Å²) in [5, 5.41) is 5.55. The van der Waals surface area contributed by atoms with E-state index < -0.39 is 0 Å². The van der Waals surface area contributed by atoms with Gasteiger partial charge in [-0.1, -0.05) is 13.0 Å². The van der Waals surface area contributed by atoms with Gasteiger partial charge in [0.2, 0.25) is 11.9 Å². The van der Waals surface area contributed by atoms with Crippen molar-refractivity contribution in [2.24, 2.45) is 0 Å². The number of piperazine rings is 1. The molecule has 2 N–H and O–H groups in total. The summed E-state index contributed by atoms with van der Waals surface area (Å²) in [4.78, 5) is 37.1. The van der Waals surface area contributed by atoms with Crippen molar-refractivity contribution in [1.29, 1.82) is 0 Å². The number of urea groups is 1. The molecule has 1 fully saturated rings. The maximum atomic E-state index is 12.5. The minimum Gasteiger partial charge on any atom is -0.491 e. The molecule has 0 saturated carbocycles. The van der Waals surface area contributed by atoms with Gasteiger partial charge < -0.3 is 25.2 Å². The topological polar surface area (TPSA) is 99.7 Å². The van der Waals surface area contributed by atoms with Gasteiger partial charge in [0, 0.05) is 51.5 Å². The Kier molecular flexibility index (Phi) is 8.03. The van der Waals surface area contributed by atoms with Gasteiger partial charge in [0.1, 0.15) is 5.75 Å². The summed E-state index contributed by atoms with van der Waals surface area (Å²) in [6, 6.07) is 7.06. The summed E-state index contributed by atoms with van der Waals surface area (Å²) < 4.78 is 5.71. The van der Waals surface area contributed by atoms with Crippen molar-refractivity contribution in [1.82, 2.24) is 20.2 Å². The van der Waals surface area contributed by atoms with Crippen LogP contribution in [0.25, 0.3) is 0 Å². The fraction of sp³-hybridized carbons (Fsp3) is 0.455. The molecule has 2 heterocycles. The molecule has 0 unspecified atom stereocenters. The van der Waals surface area contributed by atoms with Gasteiger partial charge in [-0.2, -0.15) is 0 Å². The molecule has 1 aliphatic heterocycles. The van der Waals surface area contributed by atoms with E-state index in [4.69, 9.17) is 4.74 Å². The molecule has 3 rings (SSSR count). The third-order valence-corrected chi connectivity index (χ3v) is 4.94. The first kappa shape index (κ1) is 22.3. The second kappa shape index (κ2) is 11.1. The first-order valence-electron chi connectivity index (χ1n) is 10.6. The summed E-state index contributed by atoms with van der Waals surface area (Å²) in [5.41, 5.74) is 1.67. The average molecular weight is 427 g/mol. The number of hydrogen-bond acceptors (Lipinski definition) is 6. The molecule has 9 heteroatoms. The largest absolute Gasteiger partial charge is 0.491 e. The molecule has 0 atom stereocenters. The minimum atomic E-state index is -0.357. The van der Waals surface area contributed by atoms with Crippen LogP contribution in [0.1, 0.15) is 25.3 Å². The van der Waals surface area contributed by atoms with Gasteiger partial charge in [0.05, 0.1) is 12.3 Å². The summed E-state index contributed by atoms with van der Waals surface area (Å²) in [7, 11) is 0. The first-order chi connectivity index (χ1) is 15.1. The summed E-state index contributed by atoms with van der Waals surface area (Å²) in [5.74, 6) is 1.36. The van der Waals surface area contributed by atoms with Gasteiger partial charge in [-0.25, -0.2) is 14.8 Å². The highest BCUT2D eigenvalue weighted by Crippen LogP contribution is 2.25. The van der Waals surface area contributed by atoms with Gasteiger partial charge in [0.15, 0.2) is 0 Å².